The Morgan fingerprint density at radius 3 is 2.14 bits per heavy atom. The molecule has 28 heavy (non-hydrogen) atoms. The van der Waals surface area contributed by atoms with Crippen molar-refractivity contribution >= 4 is 0 Å². The van der Waals surface area contributed by atoms with Gasteiger partial charge in [0, 0.05) is 20.3 Å². The van der Waals surface area contributed by atoms with Crippen LogP contribution in [0.3, 0.4) is 0 Å². The number of rotatable bonds is 2. The first-order valence-electron chi connectivity index (χ1n) is 7.69. The number of hydrogen-bond donors (Lipinski definition) is 1. The molecule has 1 N–H and O–H groups in total. The van der Waals surface area contributed by atoms with Gasteiger partial charge in [-0.3, -0.25) is 19.1 Å². The van der Waals surface area contributed by atoms with Crippen LogP contribution in [-0.2, 0) is 20.3 Å². The first kappa shape index (κ1) is 19.1. The Morgan fingerprint density at radius 1 is 0.964 bits per heavy atom. The minimum absolute atomic E-state index is 0.150. The smallest absolute Gasteiger partial charge is 0.302 e. The van der Waals surface area contributed by atoms with Crippen LogP contribution in [0.5, 0.6) is 0 Å². The molecular formula is C16H12F3N5O4. The molecular weight excluding hydrogens is 383 g/mol. The highest BCUT2D eigenvalue weighted by atomic mass is 19.4. The third-order valence-electron chi connectivity index (χ3n) is 3.98. The lowest BCUT2D eigenvalue weighted by Gasteiger charge is -2.11. The van der Waals surface area contributed by atoms with Gasteiger partial charge in [-0.15, -0.1) is 0 Å². The van der Waals surface area contributed by atoms with E-state index in [4.69, 9.17) is 0 Å². The zero-order chi connectivity index (χ0) is 20.8. The summed E-state index contributed by atoms with van der Waals surface area (Å²) in [6.07, 6.45) is -3.51. The molecule has 0 bridgehead atoms. The number of nitrogens with one attached hydrogen (secondary N) is 1. The molecule has 0 aliphatic carbocycles. The molecule has 2 aromatic heterocycles. The molecule has 1 aromatic carbocycles. The molecule has 0 aliphatic heterocycles. The zero-order valence-corrected chi connectivity index (χ0v) is 14.4. The highest BCUT2D eigenvalue weighted by molar-refractivity contribution is 5.56. The van der Waals surface area contributed by atoms with Crippen LogP contribution in [-0.4, -0.2) is 24.1 Å². The van der Waals surface area contributed by atoms with Crippen LogP contribution in [0.4, 0.5) is 13.2 Å². The summed E-state index contributed by atoms with van der Waals surface area (Å²) in [7, 11) is 2.49. The topological polar surface area (TPSA) is 112 Å². The lowest BCUT2D eigenvalue weighted by Crippen LogP contribution is -2.42. The number of hydrogen-bond acceptors (Lipinski definition) is 5. The van der Waals surface area contributed by atoms with Crippen molar-refractivity contribution in [2.45, 2.75) is 6.18 Å². The lowest BCUT2D eigenvalue weighted by atomic mass is 10.2. The number of aryl methyl sites for hydroxylation is 2. The normalized spacial score (nSPS) is 11.6. The van der Waals surface area contributed by atoms with Crippen molar-refractivity contribution in [3.63, 3.8) is 0 Å². The van der Waals surface area contributed by atoms with E-state index < -0.39 is 39.7 Å². The molecule has 0 radical (unpaired) electrons. The Bertz CT molecular complexity index is 1300. The van der Waals surface area contributed by atoms with Gasteiger partial charge in [-0.25, -0.2) is 14.0 Å². The summed E-state index contributed by atoms with van der Waals surface area (Å²) < 4.78 is 40.4. The second kappa shape index (κ2) is 6.48. The van der Waals surface area contributed by atoms with Crippen LogP contribution in [0, 0.1) is 0 Å². The predicted molar refractivity (Wildman–Crippen MR) is 91.4 cm³/mol. The molecule has 9 nitrogen and oxygen atoms in total. The maximum absolute atomic E-state index is 12.8. The van der Waals surface area contributed by atoms with Crippen molar-refractivity contribution in [2.24, 2.45) is 14.1 Å². The number of H-pyrrole nitrogens is 1. The Balaban J connectivity index is 2.30. The SMILES string of the molecule is Cn1nc(-c2c[nH]n(C)c(=O)c2=O)c(=O)n(-c2ccc(C(F)(F)F)cc2)c1=O. The second-order valence-corrected chi connectivity index (χ2v) is 5.82. The maximum atomic E-state index is 12.8. The summed E-state index contributed by atoms with van der Waals surface area (Å²) in [6, 6.07) is 3.33. The van der Waals surface area contributed by atoms with Gasteiger partial charge in [0.05, 0.1) is 16.8 Å². The van der Waals surface area contributed by atoms with E-state index in [2.05, 4.69) is 10.2 Å². The predicted octanol–water partition coefficient (Wildman–Crippen LogP) is 0.00400. The van der Waals surface area contributed by atoms with Gasteiger partial charge in [0.1, 0.15) is 0 Å². The number of benzene rings is 1. The van der Waals surface area contributed by atoms with Gasteiger partial charge in [-0.2, -0.15) is 18.3 Å². The second-order valence-electron chi connectivity index (χ2n) is 5.82. The molecule has 0 saturated heterocycles. The molecule has 3 aromatic rings. The van der Waals surface area contributed by atoms with Gasteiger partial charge in [-0.05, 0) is 24.3 Å². The molecule has 0 fully saturated rings. The zero-order valence-electron chi connectivity index (χ0n) is 14.4. The van der Waals surface area contributed by atoms with E-state index in [0.29, 0.717) is 16.7 Å². The van der Waals surface area contributed by atoms with Crippen molar-refractivity contribution in [2.75, 3.05) is 0 Å². The minimum atomic E-state index is -4.59. The molecule has 12 heteroatoms. The fourth-order valence-corrected chi connectivity index (χ4v) is 2.50. The summed E-state index contributed by atoms with van der Waals surface area (Å²) >= 11 is 0. The molecule has 2 heterocycles. The van der Waals surface area contributed by atoms with Gasteiger partial charge < -0.3 is 5.10 Å². The third kappa shape index (κ3) is 3.08. The van der Waals surface area contributed by atoms with E-state index in [-0.39, 0.29) is 11.3 Å². The number of nitrogens with zero attached hydrogens (tertiary/aromatic N) is 4. The van der Waals surface area contributed by atoms with Crippen molar-refractivity contribution in [3.8, 4) is 16.9 Å². The fourth-order valence-electron chi connectivity index (χ4n) is 2.50. The first-order valence-corrected chi connectivity index (χ1v) is 7.69. The summed E-state index contributed by atoms with van der Waals surface area (Å²) in [6.45, 7) is 0. The average Bonchev–Trinajstić information content (AvgIpc) is 2.63. The molecule has 146 valence electrons. The quantitative estimate of drug-likeness (QED) is 0.614. The number of aromatic nitrogens is 5. The number of halogens is 3. The van der Waals surface area contributed by atoms with Gasteiger partial charge in [0.25, 0.3) is 11.0 Å². The maximum Gasteiger partial charge on any atom is 0.416 e. The van der Waals surface area contributed by atoms with Crippen molar-refractivity contribution in [1.29, 1.82) is 0 Å². The number of aromatic amines is 1. The fraction of sp³-hybridized carbons (Fsp3) is 0.188. The molecule has 0 unspecified atom stereocenters. The summed E-state index contributed by atoms with van der Waals surface area (Å²) in [5.41, 5.74) is -5.95. The standard InChI is InChI=1S/C16H12F3N5O4/c1-22-14(27)12(25)10(7-20-22)11-13(26)24(15(28)23(2)21-11)9-5-3-8(4-6-9)16(17,18)19/h3-7,20H,1-2H3. The summed E-state index contributed by atoms with van der Waals surface area (Å²) in [5.74, 6) is 0. The van der Waals surface area contributed by atoms with E-state index >= 15 is 0 Å². The summed E-state index contributed by atoms with van der Waals surface area (Å²) in [5, 5.41) is 6.20. The van der Waals surface area contributed by atoms with Crippen LogP contribution in [0.2, 0.25) is 0 Å². The third-order valence-corrected chi connectivity index (χ3v) is 3.98. The lowest BCUT2D eigenvalue weighted by molar-refractivity contribution is -0.137. The molecule has 0 saturated carbocycles. The van der Waals surface area contributed by atoms with Gasteiger partial charge >= 0.3 is 17.4 Å². The van der Waals surface area contributed by atoms with Crippen LogP contribution in [0.15, 0.2) is 49.6 Å². The van der Waals surface area contributed by atoms with Crippen molar-refractivity contribution in [3.05, 3.63) is 77.4 Å². The van der Waals surface area contributed by atoms with Crippen LogP contribution >= 0.6 is 0 Å². The molecule has 3 rings (SSSR count). The molecule has 0 atom stereocenters. The van der Waals surface area contributed by atoms with Crippen molar-refractivity contribution in [1.82, 2.24) is 24.1 Å². The molecule has 0 amide bonds. The largest absolute Gasteiger partial charge is 0.416 e. The van der Waals surface area contributed by atoms with Gasteiger partial charge in [-0.1, -0.05) is 0 Å². The monoisotopic (exact) mass is 395 g/mol. The van der Waals surface area contributed by atoms with E-state index in [1.54, 1.807) is 0 Å². The van der Waals surface area contributed by atoms with E-state index in [1.807, 2.05) is 0 Å². The van der Waals surface area contributed by atoms with Crippen molar-refractivity contribution < 1.29 is 13.2 Å². The van der Waals surface area contributed by atoms with Crippen LogP contribution < -0.4 is 22.2 Å². The highest BCUT2D eigenvalue weighted by Gasteiger charge is 2.30. The summed E-state index contributed by atoms with van der Waals surface area (Å²) in [4.78, 5) is 49.1. The Labute approximate surface area is 152 Å². The van der Waals surface area contributed by atoms with E-state index in [9.17, 15) is 32.3 Å². The van der Waals surface area contributed by atoms with Crippen LogP contribution in [0.25, 0.3) is 16.9 Å². The average molecular weight is 395 g/mol. The number of alkyl halides is 3. The molecule has 0 spiro atoms. The van der Waals surface area contributed by atoms with E-state index in [1.165, 1.54) is 14.1 Å². The van der Waals surface area contributed by atoms with Gasteiger partial charge in [0.2, 0.25) is 0 Å². The highest BCUT2D eigenvalue weighted by Crippen LogP contribution is 2.29. The van der Waals surface area contributed by atoms with E-state index in [0.717, 1.165) is 27.7 Å². The first-order chi connectivity index (χ1) is 13.0. The van der Waals surface area contributed by atoms with Gasteiger partial charge in [0.15, 0.2) is 5.69 Å². The van der Waals surface area contributed by atoms with Crippen LogP contribution in [0.1, 0.15) is 5.56 Å². The Hall–Kier alpha value is -3.70. The molecule has 0 aliphatic rings. The Kier molecular flexibility index (Phi) is 4.41. The Morgan fingerprint density at radius 2 is 1.57 bits per heavy atom. The minimum Gasteiger partial charge on any atom is -0.302 e.